The molecule has 5 heterocycles. The Kier molecular flexibility index (Phi) is 7.88. The van der Waals surface area contributed by atoms with E-state index in [9.17, 15) is 21.6 Å². The third-order valence-corrected chi connectivity index (χ3v) is 8.63. The highest BCUT2D eigenvalue weighted by atomic mass is 32.2. The maximum atomic E-state index is 13.4. The number of hydrogen-bond acceptors (Lipinski definition) is 10. The number of nitrogens with zero attached hydrogens (tertiary/aromatic N) is 5. The fourth-order valence-corrected chi connectivity index (χ4v) is 6.06. The molecule has 15 heteroatoms. The molecular formula is C23H30F3N7O4S. The molecule has 1 atom stereocenters. The number of halogens is 3. The lowest BCUT2D eigenvalue weighted by Gasteiger charge is -2.32. The summed E-state index contributed by atoms with van der Waals surface area (Å²) in [5.41, 5.74) is -0.167. The average Bonchev–Trinajstić information content (AvgIpc) is 3.42. The second-order valence-electron chi connectivity index (χ2n) is 9.43. The van der Waals surface area contributed by atoms with Crippen molar-refractivity contribution < 1.29 is 31.1 Å². The summed E-state index contributed by atoms with van der Waals surface area (Å²) in [6.45, 7) is 4.47. The van der Waals surface area contributed by atoms with Gasteiger partial charge in [-0.3, -0.25) is 0 Å². The first kappa shape index (κ1) is 26.8. The van der Waals surface area contributed by atoms with Gasteiger partial charge in [-0.25, -0.2) is 18.4 Å². The summed E-state index contributed by atoms with van der Waals surface area (Å²) in [7, 11) is -3.77. The van der Waals surface area contributed by atoms with Gasteiger partial charge in [0.25, 0.3) is 10.0 Å². The molecule has 38 heavy (non-hydrogen) atoms. The molecule has 0 saturated carbocycles. The van der Waals surface area contributed by atoms with Crippen molar-refractivity contribution in [1.82, 2.24) is 24.6 Å². The van der Waals surface area contributed by atoms with Crippen LogP contribution in [0.2, 0.25) is 0 Å². The zero-order valence-electron chi connectivity index (χ0n) is 20.7. The number of sulfonamides is 1. The van der Waals surface area contributed by atoms with Crippen molar-refractivity contribution in [3.05, 3.63) is 30.1 Å². The quantitative estimate of drug-likeness (QED) is 0.521. The summed E-state index contributed by atoms with van der Waals surface area (Å²) in [5.74, 6) is -0.542. The second kappa shape index (κ2) is 11.2. The minimum absolute atomic E-state index is 0.00149. The van der Waals surface area contributed by atoms with Gasteiger partial charge in [-0.2, -0.15) is 22.5 Å². The Bertz CT molecular complexity index is 1200. The third-order valence-electron chi connectivity index (χ3n) is 6.82. The van der Waals surface area contributed by atoms with E-state index in [2.05, 4.69) is 30.5 Å². The summed E-state index contributed by atoms with van der Waals surface area (Å²) >= 11 is 0. The molecule has 11 nitrogen and oxygen atoms in total. The van der Waals surface area contributed by atoms with Crippen molar-refractivity contribution in [2.75, 3.05) is 62.7 Å². The lowest BCUT2D eigenvalue weighted by molar-refractivity contribution is -0.139. The highest BCUT2D eigenvalue weighted by Gasteiger charge is 2.38. The number of nitrogens with one attached hydrogen (secondary N) is 2. The van der Waals surface area contributed by atoms with E-state index in [-0.39, 0.29) is 36.7 Å². The molecular weight excluding hydrogens is 527 g/mol. The van der Waals surface area contributed by atoms with Crippen LogP contribution in [0.25, 0.3) is 0 Å². The topological polar surface area (TPSA) is 122 Å². The Hall–Kier alpha value is -2.75. The van der Waals surface area contributed by atoms with E-state index in [0.29, 0.717) is 32.1 Å². The Morgan fingerprint density at radius 3 is 2.45 bits per heavy atom. The fourth-order valence-electron chi connectivity index (χ4n) is 4.67. The van der Waals surface area contributed by atoms with Gasteiger partial charge in [0.05, 0.1) is 25.1 Å². The molecule has 0 bridgehead atoms. The largest absolute Gasteiger partial charge is 0.471 e. The van der Waals surface area contributed by atoms with Crippen molar-refractivity contribution >= 4 is 21.7 Å². The van der Waals surface area contributed by atoms with E-state index in [1.165, 1.54) is 10.4 Å². The number of piperidine rings is 1. The summed E-state index contributed by atoms with van der Waals surface area (Å²) < 4.78 is 78.6. The molecule has 3 aliphatic rings. The fraction of sp³-hybridized carbons (Fsp3) is 0.609. The van der Waals surface area contributed by atoms with Gasteiger partial charge in [-0.1, -0.05) is 0 Å². The molecule has 3 fully saturated rings. The molecule has 0 spiro atoms. The van der Waals surface area contributed by atoms with E-state index in [1.54, 1.807) is 12.3 Å². The normalized spacial score (nSPS) is 22.0. The highest BCUT2D eigenvalue weighted by molar-refractivity contribution is 7.89. The zero-order valence-corrected chi connectivity index (χ0v) is 21.5. The standard InChI is InChI=1S/C23H30F3N7O4S/c24-23(25,26)19-14-29-22(31-21(19)37-18-5-12-36-15-18)30-16-3-8-33(9-4-16)38(34,35)20-2-1-17(13-28-20)32-10-6-27-7-11-32/h1-2,13-14,16,18,27H,3-12,15H2,(H,29,30,31)/t18-/m0/s1. The molecule has 0 aliphatic carbocycles. The molecule has 2 aromatic rings. The smallest absolute Gasteiger partial charge is 0.423 e. The SMILES string of the molecule is O=S(=O)(c1ccc(N2CCNCC2)cn1)N1CCC(Nc2ncc(C(F)(F)F)c(O[C@H]3CCOC3)n2)CC1. The summed E-state index contributed by atoms with van der Waals surface area (Å²) in [6, 6.07) is 3.09. The van der Waals surface area contributed by atoms with Gasteiger partial charge in [0.1, 0.15) is 11.7 Å². The third kappa shape index (κ3) is 6.11. The molecule has 5 rings (SSSR count). The van der Waals surface area contributed by atoms with Crippen LogP contribution in [0.15, 0.2) is 29.6 Å². The first-order chi connectivity index (χ1) is 18.2. The first-order valence-corrected chi connectivity index (χ1v) is 14.0. The molecule has 208 valence electrons. The van der Waals surface area contributed by atoms with Crippen LogP contribution in [-0.2, 0) is 20.9 Å². The summed E-state index contributed by atoms with van der Waals surface area (Å²) in [5, 5.41) is 6.30. The Morgan fingerprint density at radius 2 is 1.82 bits per heavy atom. The van der Waals surface area contributed by atoms with Crippen LogP contribution in [0.4, 0.5) is 24.8 Å². The predicted octanol–water partition coefficient (Wildman–Crippen LogP) is 1.73. The molecule has 0 aromatic carbocycles. The van der Waals surface area contributed by atoms with Crippen molar-refractivity contribution in [2.24, 2.45) is 0 Å². The maximum Gasteiger partial charge on any atom is 0.423 e. The van der Waals surface area contributed by atoms with Gasteiger partial charge in [0.15, 0.2) is 5.03 Å². The second-order valence-corrected chi connectivity index (χ2v) is 11.3. The minimum atomic E-state index is -4.66. The number of anilines is 2. The minimum Gasteiger partial charge on any atom is -0.471 e. The van der Waals surface area contributed by atoms with Crippen molar-refractivity contribution in [2.45, 2.75) is 42.6 Å². The Morgan fingerprint density at radius 1 is 1.05 bits per heavy atom. The van der Waals surface area contributed by atoms with Crippen molar-refractivity contribution in [3.8, 4) is 5.88 Å². The van der Waals surface area contributed by atoms with Crippen LogP contribution in [0.3, 0.4) is 0 Å². The lowest BCUT2D eigenvalue weighted by atomic mass is 10.1. The Labute approximate surface area is 218 Å². The van der Waals surface area contributed by atoms with E-state index >= 15 is 0 Å². The number of piperazine rings is 1. The van der Waals surface area contributed by atoms with E-state index < -0.39 is 33.7 Å². The number of alkyl halides is 3. The molecule has 2 N–H and O–H groups in total. The number of pyridine rings is 1. The van der Waals surface area contributed by atoms with Crippen LogP contribution in [-0.4, -0.2) is 92.3 Å². The molecule has 0 radical (unpaired) electrons. The Balaban J connectivity index is 1.20. The van der Waals surface area contributed by atoms with Gasteiger partial charge < -0.3 is 25.0 Å². The van der Waals surface area contributed by atoms with Gasteiger partial charge in [-0.15, -0.1) is 0 Å². The number of ether oxygens (including phenoxy) is 2. The number of hydrogen-bond donors (Lipinski definition) is 2. The van der Waals surface area contributed by atoms with Gasteiger partial charge >= 0.3 is 6.18 Å². The zero-order chi connectivity index (χ0) is 26.8. The molecule has 0 unspecified atom stereocenters. The summed E-state index contributed by atoms with van der Waals surface area (Å²) in [6.07, 6.45) is -1.55. The summed E-state index contributed by atoms with van der Waals surface area (Å²) in [4.78, 5) is 14.2. The average molecular weight is 558 g/mol. The lowest BCUT2D eigenvalue weighted by Crippen LogP contribution is -2.44. The van der Waals surface area contributed by atoms with Crippen LogP contribution in [0, 0.1) is 0 Å². The van der Waals surface area contributed by atoms with Gasteiger partial charge in [-0.05, 0) is 25.0 Å². The maximum absolute atomic E-state index is 13.4. The monoisotopic (exact) mass is 557 g/mol. The van der Waals surface area contributed by atoms with Gasteiger partial charge in [0.2, 0.25) is 11.8 Å². The molecule has 3 aliphatic heterocycles. The van der Waals surface area contributed by atoms with Gasteiger partial charge in [0, 0.05) is 57.9 Å². The van der Waals surface area contributed by atoms with Crippen molar-refractivity contribution in [3.63, 3.8) is 0 Å². The molecule has 0 amide bonds. The number of aromatic nitrogens is 3. The van der Waals surface area contributed by atoms with E-state index in [4.69, 9.17) is 9.47 Å². The molecule has 3 saturated heterocycles. The van der Waals surface area contributed by atoms with E-state index in [0.717, 1.165) is 31.9 Å². The van der Waals surface area contributed by atoms with E-state index in [1.807, 2.05) is 0 Å². The van der Waals surface area contributed by atoms with Crippen LogP contribution >= 0.6 is 0 Å². The van der Waals surface area contributed by atoms with Crippen molar-refractivity contribution in [1.29, 1.82) is 0 Å². The number of rotatable bonds is 7. The predicted molar refractivity (Wildman–Crippen MR) is 132 cm³/mol. The van der Waals surface area contributed by atoms with Crippen LogP contribution in [0.5, 0.6) is 5.88 Å². The highest BCUT2D eigenvalue weighted by Crippen LogP contribution is 2.36. The molecule has 2 aromatic heterocycles. The first-order valence-electron chi connectivity index (χ1n) is 12.6. The van der Waals surface area contributed by atoms with Crippen LogP contribution < -0.4 is 20.3 Å². The van der Waals surface area contributed by atoms with Crippen LogP contribution in [0.1, 0.15) is 24.8 Å².